The number of carbonyl (C=O) groups is 2. The Hall–Kier alpha value is -0.960. The second kappa shape index (κ2) is 3.89. The van der Waals surface area contributed by atoms with Gasteiger partial charge in [0.05, 0.1) is 0 Å². The monoisotopic (exact) mass is 266 g/mol. The number of halogens is 1. The number of ketones is 2. The molecule has 1 saturated carbocycles. The van der Waals surface area contributed by atoms with Gasteiger partial charge in [-0.15, -0.1) is 0 Å². The van der Waals surface area contributed by atoms with Gasteiger partial charge in [-0.3, -0.25) is 9.59 Å². The third kappa shape index (κ3) is 1.65. The fourth-order valence-electron chi connectivity index (χ4n) is 1.90. The molecule has 15 heavy (non-hydrogen) atoms. The molecule has 1 aromatic carbocycles. The molecule has 0 saturated heterocycles. The van der Waals surface area contributed by atoms with Crippen LogP contribution in [0, 0.1) is 0 Å². The molecular formula is C12H11BrO2. The summed E-state index contributed by atoms with van der Waals surface area (Å²) >= 11 is 3.34. The van der Waals surface area contributed by atoms with Crippen molar-refractivity contribution in [1.82, 2.24) is 0 Å². The largest absolute Gasteiger partial charge is 0.297 e. The summed E-state index contributed by atoms with van der Waals surface area (Å²) < 4.78 is -1.08. The highest BCUT2D eigenvalue weighted by Gasteiger charge is 2.45. The van der Waals surface area contributed by atoms with E-state index in [0.29, 0.717) is 19.3 Å². The van der Waals surface area contributed by atoms with Crippen molar-refractivity contribution >= 4 is 27.5 Å². The van der Waals surface area contributed by atoms with E-state index in [9.17, 15) is 9.59 Å². The highest BCUT2D eigenvalue weighted by Crippen LogP contribution is 2.39. The quantitative estimate of drug-likeness (QED) is 0.579. The number of carbonyl (C=O) groups excluding carboxylic acids is 2. The Morgan fingerprint density at radius 2 is 1.53 bits per heavy atom. The molecule has 0 radical (unpaired) electrons. The fraction of sp³-hybridized carbons (Fsp3) is 0.333. The van der Waals surface area contributed by atoms with Crippen LogP contribution in [0.15, 0.2) is 30.3 Å². The Morgan fingerprint density at radius 1 is 1.00 bits per heavy atom. The minimum atomic E-state index is -1.08. The Morgan fingerprint density at radius 3 is 2.07 bits per heavy atom. The SMILES string of the molecule is O=C1CCCC(=O)C1(Br)c1ccccc1. The van der Waals surface area contributed by atoms with Gasteiger partial charge in [-0.1, -0.05) is 46.3 Å². The molecule has 1 aromatic rings. The summed E-state index contributed by atoms with van der Waals surface area (Å²) in [5.74, 6) is -0.0464. The van der Waals surface area contributed by atoms with Crippen molar-refractivity contribution in [1.29, 1.82) is 0 Å². The van der Waals surface area contributed by atoms with Crippen LogP contribution in [-0.4, -0.2) is 11.6 Å². The van der Waals surface area contributed by atoms with Gasteiger partial charge in [-0.05, 0) is 12.0 Å². The molecule has 0 heterocycles. The predicted octanol–water partition coefficient (Wildman–Crippen LogP) is 2.60. The highest BCUT2D eigenvalue weighted by atomic mass is 79.9. The van der Waals surface area contributed by atoms with E-state index in [4.69, 9.17) is 0 Å². The van der Waals surface area contributed by atoms with E-state index < -0.39 is 4.32 Å². The lowest BCUT2D eigenvalue weighted by molar-refractivity contribution is -0.133. The lowest BCUT2D eigenvalue weighted by Gasteiger charge is -2.28. The van der Waals surface area contributed by atoms with Crippen LogP contribution in [0.1, 0.15) is 24.8 Å². The van der Waals surface area contributed by atoms with E-state index in [0.717, 1.165) is 5.56 Å². The van der Waals surface area contributed by atoms with Crippen molar-refractivity contribution in [2.45, 2.75) is 23.6 Å². The van der Waals surface area contributed by atoms with Gasteiger partial charge in [0.1, 0.15) is 0 Å². The molecule has 1 aliphatic rings. The lowest BCUT2D eigenvalue weighted by atomic mass is 9.81. The number of hydrogen-bond donors (Lipinski definition) is 0. The highest BCUT2D eigenvalue weighted by molar-refractivity contribution is 9.10. The van der Waals surface area contributed by atoms with Crippen molar-refractivity contribution in [3.63, 3.8) is 0 Å². The van der Waals surface area contributed by atoms with Gasteiger partial charge in [0.25, 0.3) is 0 Å². The number of hydrogen-bond acceptors (Lipinski definition) is 2. The Kier molecular flexibility index (Phi) is 2.74. The molecule has 0 atom stereocenters. The average molecular weight is 267 g/mol. The molecule has 2 nitrogen and oxygen atoms in total. The molecule has 0 bridgehead atoms. The summed E-state index contributed by atoms with van der Waals surface area (Å²) in [6.45, 7) is 0. The van der Waals surface area contributed by atoms with Gasteiger partial charge in [-0.25, -0.2) is 0 Å². The lowest BCUT2D eigenvalue weighted by Crippen LogP contribution is -2.41. The summed E-state index contributed by atoms with van der Waals surface area (Å²) in [6.07, 6.45) is 1.63. The van der Waals surface area contributed by atoms with E-state index in [2.05, 4.69) is 15.9 Å². The molecule has 3 heteroatoms. The molecule has 0 unspecified atom stereocenters. The summed E-state index contributed by atoms with van der Waals surface area (Å²) in [4.78, 5) is 23.7. The van der Waals surface area contributed by atoms with Crippen molar-refractivity contribution in [3.05, 3.63) is 35.9 Å². The van der Waals surface area contributed by atoms with E-state index >= 15 is 0 Å². The van der Waals surface area contributed by atoms with E-state index in [-0.39, 0.29) is 11.6 Å². The second-order valence-electron chi connectivity index (χ2n) is 3.72. The van der Waals surface area contributed by atoms with Crippen molar-refractivity contribution in [2.24, 2.45) is 0 Å². The third-order valence-corrected chi connectivity index (χ3v) is 4.09. The third-order valence-electron chi connectivity index (χ3n) is 2.75. The summed E-state index contributed by atoms with van der Waals surface area (Å²) in [5, 5.41) is 0. The van der Waals surface area contributed by atoms with Crippen LogP contribution in [-0.2, 0) is 13.9 Å². The van der Waals surface area contributed by atoms with Crippen molar-refractivity contribution < 1.29 is 9.59 Å². The molecule has 0 spiro atoms. The van der Waals surface area contributed by atoms with Gasteiger partial charge in [0.2, 0.25) is 0 Å². The van der Waals surface area contributed by atoms with Gasteiger partial charge >= 0.3 is 0 Å². The van der Waals surface area contributed by atoms with Gasteiger partial charge in [0.15, 0.2) is 15.9 Å². The van der Waals surface area contributed by atoms with Crippen LogP contribution >= 0.6 is 15.9 Å². The van der Waals surface area contributed by atoms with Crippen molar-refractivity contribution in [2.75, 3.05) is 0 Å². The first-order valence-electron chi connectivity index (χ1n) is 4.97. The zero-order chi connectivity index (χ0) is 10.9. The Balaban J connectivity index is 2.47. The summed E-state index contributed by atoms with van der Waals surface area (Å²) in [7, 11) is 0. The normalized spacial score (nSPS) is 20.3. The number of rotatable bonds is 1. The number of Topliss-reactive ketones (excluding diaryl/α,β-unsaturated/α-hetero) is 2. The molecule has 2 rings (SSSR count). The minimum absolute atomic E-state index is 0.0232. The van der Waals surface area contributed by atoms with Crippen LogP contribution in [0.5, 0.6) is 0 Å². The molecule has 78 valence electrons. The van der Waals surface area contributed by atoms with Crippen LogP contribution in [0.25, 0.3) is 0 Å². The topological polar surface area (TPSA) is 34.1 Å². The van der Waals surface area contributed by atoms with E-state index in [1.807, 2.05) is 30.3 Å². The molecule has 0 amide bonds. The maximum absolute atomic E-state index is 11.9. The molecular weight excluding hydrogens is 256 g/mol. The van der Waals surface area contributed by atoms with Crippen LogP contribution < -0.4 is 0 Å². The molecule has 0 aromatic heterocycles. The summed E-state index contributed by atoms with van der Waals surface area (Å²) in [5.41, 5.74) is 0.750. The summed E-state index contributed by atoms with van der Waals surface area (Å²) in [6, 6.07) is 9.18. The van der Waals surface area contributed by atoms with Gasteiger partial charge in [-0.2, -0.15) is 0 Å². The van der Waals surface area contributed by atoms with E-state index in [1.165, 1.54) is 0 Å². The first-order valence-corrected chi connectivity index (χ1v) is 5.76. The van der Waals surface area contributed by atoms with E-state index in [1.54, 1.807) is 0 Å². The molecule has 0 N–H and O–H groups in total. The molecule has 1 fully saturated rings. The van der Waals surface area contributed by atoms with Gasteiger partial charge in [0, 0.05) is 12.8 Å². The first kappa shape index (κ1) is 10.6. The Labute approximate surface area is 96.8 Å². The maximum atomic E-state index is 11.9. The number of benzene rings is 1. The Bertz CT molecular complexity index is 381. The van der Waals surface area contributed by atoms with Crippen molar-refractivity contribution in [3.8, 4) is 0 Å². The maximum Gasteiger partial charge on any atom is 0.167 e. The smallest absolute Gasteiger partial charge is 0.167 e. The molecule has 0 aliphatic heterocycles. The first-order chi connectivity index (χ1) is 7.15. The van der Waals surface area contributed by atoms with Crippen LogP contribution in [0.3, 0.4) is 0 Å². The minimum Gasteiger partial charge on any atom is -0.297 e. The fourth-order valence-corrected chi connectivity index (χ4v) is 2.56. The average Bonchev–Trinajstić information content (AvgIpc) is 2.27. The molecule has 1 aliphatic carbocycles. The standard InChI is InChI=1S/C12H11BrO2/c13-12(9-5-2-1-3-6-9)10(14)7-4-8-11(12)15/h1-3,5-6H,4,7-8H2. The van der Waals surface area contributed by atoms with Crippen LogP contribution in [0.4, 0.5) is 0 Å². The predicted molar refractivity (Wildman–Crippen MR) is 60.9 cm³/mol. The zero-order valence-corrected chi connectivity index (χ0v) is 9.79. The zero-order valence-electron chi connectivity index (χ0n) is 8.20. The second-order valence-corrected chi connectivity index (χ2v) is 4.91. The number of alkyl halides is 1. The van der Waals surface area contributed by atoms with Crippen LogP contribution in [0.2, 0.25) is 0 Å². The van der Waals surface area contributed by atoms with Gasteiger partial charge < -0.3 is 0 Å².